The van der Waals surface area contributed by atoms with E-state index in [-0.39, 0.29) is 19.3 Å². The van der Waals surface area contributed by atoms with Gasteiger partial charge in [-0.15, -0.1) is 0 Å². The molecule has 5 unspecified atom stereocenters. The number of rotatable bonds is 97. The van der Waals surface area contributed by atoms with E-state index in [0.717, 1.165) is 161 Å². The number of phosphoric acid groups is 2. The van der Waals surface area contributed by atoms with Gasteiger partial charge >= 0.3 is 33.6 Å². The normalized spacial score (nSPS) is 14.4. The fraction of sp³-hybridized carbons (Fsp3) is 0.716. The Kier molecular flexibility index (Phi) is 95.9. The summed E-state index contributed by atoms with van der Waals surface area (Å²) in [5.41, 5.74) is 0. The molecule has 4 N–H and O–H groups in total. The maximum absolute atomic E-state index is 13.1. The maximum Gasteiger partial charge on any atom is 0.472 e. The summed E-state index contributed by atoms with van der Waals surface area (Å²) in [5, 5.41) is 20.8. The molecule has 0 aromatic heterocycles. The number of hydrogen-bond donors (Lipinski definition) is 4. The summed E-state index contributed by atoms with van der Waals surface area (Å²) >= 11 is 0. The van der Waals surface area contributed by atoms with Crippen LogP contribution < -0.4 is 0 Å². The number of hydrogen-bond acceptors (Lipinski definition) is 14. The first kappa shape index (κ1) is 122. The van der Waals surface area contributed by atoms with Crippen molar-refractivity contribution in [3.8, 4) is 0 Å². The average molecular weight is 1820 g/mol. The zero-order valence-corrected chi connectivity index (χ0v) is 82.7. The summed E-state index contributed by atoms with van der Waals surface area (Å²) in [6, 6.07) is 0. The summed E-state index contributed by atoms with van der Waals surface area (Å²) < 4.78 is 61.7. The van der Waals surface area contributed by atoms with Crippen molar-refractivity contribution < 1.29 is 75.8 Å². The van der Waals surface area contributed by atoms with Crippen molar-refractivity contribution in [3.63, 3.8) is 0 Å². The van der Waals surface area contributed by atoms with E-state index in [0.29, 0.717) is 19.3 Å². The summed E-state index contributed by atoms with van der Waals surface area (Å²) in [5.74, 6) is -1.56. The number of carbonyl (C=O) groups excluding carboxylic acids is 3. The van der Waals surface area contributed by atoms with Gasteiger partial charge in [-0.25, -0.2) is 9.13 Å². The predicted molar refractivity (Wildman–Crippen MR) is 537 cm³/mol. The Morgan fingerprint density at radius 2 is 0.417 bits per heavy atom. The van der Waals surface area contributed by atoms with E-state index in [4.69, 9.17) is 32.3 Å². The summed E-state index contributed by atoms with van der Waals surface area (Å²) in [6.07, 6.45) is 131. The third-order valence-corrected chi connectivity index (χ3v) is 23.8. The first-order valence-corrected chi connectivity index (χ1v) is 54.4. The Hall–Kier alpha value is -5.09. The molecule has 18 heteroatoms. The molecule has 0 aromatic carbocycles. The molecule has 0 radical (unpaired) electrons. The highest BCUT2D eigenvalue weighted by atomic mass is 31.2. The lowest BCUT2D eigenvalue weighted by Crippen LogP contribution is -2.30. The molecular formula is C109H188O16P2. The molecule has 0 saturated heterocycles. The van der Waals surface area contributed by atoms with Crippen LogP contribution in [0.25, 0.3) is 0 Å². The van der Waals surface area contributed by atoms with Gasteiger partial charge in [-0.05, 0) is 161 Å². The van der Waals surface area contributed by atoms with Crippen LogP contribution in [0, 0.1) is 0 Å². The molecule has 127 heavy (non-hydrogen) atoms. The molecular weight excluding hydrogens is 1630 g/mol. The standard InChI is InChI=1S/C109H188O16P2/c1-4-7-10-13-16-19-22-25-28-31-34-37-40-43-46-49-50-51-52-55-57-59-62-65-68-71-74-77-80-83-86-89-92-95-107(112)119-98-104(110)99-121-126(115,116)122-100-105(111)101-123-127(117,118)124-103-106(125-109(114)97-94-91-88-85-82-79-76-73-70-67-64-61-58-54-48-45-42-39-36-33-30-27-24-21-18-15-12-9-6-3)102-120-108(113)96-93-90-87-84-81-78-75-72-69-66-63-60-56-53-47-44-41-38-35-32-29-26-23-20-17-14-11-8-5-2/h7,10,16-21,25-30,34-39,43-48,50-51,104-106,110-111H,4-6,8-9,11-15,22-24,31-33,40-42,49,52-103H2,1-3H3,(H,115,116)(H,117,118)/b10-7-,19-16-,20-17-,21-18-,28-25-,29-26-,30-27-,37-34-,38-35-,39-36-,46-43-,47-44-,48-45-,51-50-. The molecule has 0 heterocycles. The van der Waals surface area contributed by atoms with Crippen LogP contribution in [0.3, 0.4) is 0 Å². The average Bonchev–Trinajstić information content (AvgIpc) is 0.902. The third kappa shape index (κ3) is 101. The summed E-state index contributed by atoms with van der Waals surface area (Å²) in [6.45, 7) is 2.59. The minimum Gasteiger partial charge on any atom is -0.463 e. The second-order valence-corrected chi connectivity index (χ2v) is 37.2. The van der Waals surface area contributed by atoms with Crippen LogP contribution in [0.15, 0.2) is 170 Å². The smallest absolute Gasteiger partial charge is 0.463 e. The molecule has 730 valence electrons. The molecule has 0 aromatic rings. The van der Waals surface area contributed by atoms with Gasteiger partial charge in [-0.2, -0.15) is 0 Å². The highest BCUT2D eigenvalue weighted by Gasteiger charge is 2.30. The van der Waals surface area contributed by atoms with Crippen molar-refractivity contribution in [2.45, 2.75) is 463 Å². The topological polar surface area (TPSA) is 231 Å². The van der Waals surface area contributed by atoms with Crippen molar-refractivity contribution >= 4 is 33.6 Å². The molecule has 0 amide bonds. The Morgan fingerprint density at radius 1 is 0.228 bits per heavy atom. The van der Waals surface area contributed by atoms with Gasteiger partial charge in [0.15, 0.2) is 6.10 Å². The minimum absolute atomic E-state index is 0.100. The number of ether oxygens (including phenoxy) is 3. The van der Waals surface area contributed by atoms with Crippen molar-refractivity contribution in [1.29, 1.82) is 0 Å². The molecule has 0 saturated carbocycles. The van der Waals surface area contributed by atoms with Gasteiger partial charge in [0.05, 0.1) is 26.4 Å². The molecule has 0 aliphatic rings. The summed E-state index contributed by atoms with van der Waals surface area (Å²) in [7, 11) is -9.82. The molecule has 0 aliphatic heterocycles. The van der Waals surface area contributed by atoms with Crippen LogP contribution in [0.5, 0.6) is 0 Å². The molecule has 5 atom stereocenters. The zero-order chi connectivity index (χ0) is 92.1. The maximum atomic E-state index is 13.1. The highest BCUT2D eigenvalue weighted by Crippen LogP contribution is 2.45. The molecule has 0 spiro atoms. The monoisotopic (exact) mass is 1820 g/mol. The van der Waals surface area contributed by atoms with E-state index in [2.05, 4.69) is 191 Å². The van der Waals surface area contributed by atoms with Gasteiger partial charge in [-0.3, -0.25) is 32.5 Å². The van der Waals surface area contributed by atoms with Crippen LogP contribution >= 0.6 is 15.6 Å². The molecule has 0 bridgehead atoms. The van der Waals surface area contributed by atoms with E-state index in [1.807, 2.05) is 0 Å². The van der Waals surface area contributed by atoms with Gasteiger partial charge in [0, 0.05) is 19.3 Å². The largest absolute Gasteiger partial charge is 0.472 e. The van der Waals surface area contributed by atoms with Crippen LogP contribution in [-0.2, 0) is 55.8 Å². The van der Waals surface area contributed by atoms with Gasteiger partial charge in [0.1, 0.15) is 25.4 Å². The fourth-order valence-electron chi connectivity index (χ4n) is 14.1. The number of aliphatic hydroxyl groups excluding tert-OH is 2. The second kappa shape index (κ2) is 99.9. The lowest BCUT2D eigenvalue weighted by molar-refractivity contribution is -0.161. The SMILES string of the molecule is CC/C=C\C/C=C\C/C=C\C/C=C\C/C=C\C/C=C\CCCCCCCCCCCCCCCCC(=O)OCC(O)COP(=O)(O)OCC(O)COP(=O)(O)OCC(COC(=O)CCCCCCCCCCCCCCC/C=C\C/C=C\C/C=C\C/C=C\CCCCC)OC(=O)CCCCCCCCCCCCCCC/C=C\C/C=C\C/C=C\C/C=C\CCCCC. The van der Waals surface area contributed by atoms with E-state index < -0.39 is 91.5 Å². The first-order chi connectivity index (χ1) is 62.2. The number of allylic oxidation sites excluding steroid dienone is 28. The predicted octanol–water partition coefficient (Wildman–Crippen LogP) is 32.6. The lowest BCUT2D eigenvalue weighted by Gasteiger charge is -2.21. The number of carbonyl (C=O) groups is 3. The third-order valence-electron chi connectivity index (χ3n) is 21.9. The van der Waals surface area contributed by atoms with E-state index in [9.17, 15) is 43.5 Å². The zero-order valence-electron chi connectivity index (χ0n) is 80.9. The van der Waals surface area contributed by atoms with Gasteiger partial charge < -0.3 is 34.2 Å². The molecule has 0 fully saturated rings. The second-order valence-electron chi connectivity index (χ2n) is 34.3. The Balaban J connectivity index is 4.62. The Bertz CT molecular complexity index is 2990. The van der Waals surface area contributed by atoms with E-state index in [1.165, 1.54) is 225 Å². The van der Waals surface area contributed by atoms with Gasteiger partial charge in [0.25, 0.3) is 0 Å². The van der Waals surface area contributed by atoms with Crippen molar-refractivity contribution in [1.82, 2.24) is 0 Å². The number of esters is 3. The van der Waals surface area contributed by atoms with Crippen molar-refractivity contribution in [3.05, 3.63) is 170 Å². The van der Waals surface area contributed by atoms with Crippen LogP contribution in [0.1, 0.15) is 445 Å². The van der Waals surface area contributed by atoms with Gasteiger partial charge in [-0.1, -0.05) is 435 Å². The van der Waals surface area contributed by atoms with E-state index >= 15 is 0 Å². The number of unbranched alkanes of at least 4 members (excludes halogenated alkanes) is 46. The van der Waals surface area contributed by atoms with Crippen molar-refractivity contribution in [2.75, 3.05) is 39.6 Å². The first-order valence-electron chi connectivity index (χ1n) is 51.4. The van der Waals surface area contributed by atoms with Crippen molar-refractivity contribution in [2.24, 2.45) is 0 Å². The van der Waals surface area contributed by atoms with Crippen LogP contribution in [0.4, 0.5) is 0 Å². The Labute approximate surface area is 777 Å². The molecule has 0 aliphatic carbocycles. The minimum atomic E-state index is -4.95. The van der Waals surface area contributed by atoms with Crippen LogP contribution in [0.2, 0.25) is 0 Å². The number of phosphoric ester groups is 2. The van der Waals surface area contributed by atoms with Gasteiger partial charge in [0.2, 0.25) is 0 Å². The molecule has 0 rings (SSSR count). The van der Waals surface area contributed by atoms with Crippen LogP contribution in [-0.4, -0.2) is 95.9 Å². The fourth-order valence-corrected chi connectivity index (χ4v) is 15.7. The highest BCUT2D eigenvalue weighted by molar-refractivity contribution is 7.47. The quantitative estimate of drug-likeness (QED) is 0.0146. The lowest BCUT2D eigenvalue weighted by atomic mass is 10.0. The molecule has 16 nitrogen and oxygen atoms in total. The number of aliphatic hydroxyl groups is 2. The summed E-state index contributed by atoms with van der Waals surface area (Å²) in [4.78, 5) is 59.2. The van der Waals surface area contributed by atoms with E-state index in [1.54, 1.807) is 0 Å². The Morgan fingerprint density at radius 3 is 0.661 bits per heavy atom.